The van der Waals surface area contributed by atoms with Gasteiger partial charge in [0.1, 0.15) is 16.9 Å². The predicted molar refractivity (Wildman–Crippen MR) is 148 cm³/mol. The zero-order valence-electron chi connectivity index (χ0n) is 21.9. The first-order valence-corrected chi connectivity index (χ1v) is 13.9. The summed E-state index contributed by atoms with van der Waals surface area (Å²) in [4.78, 5) is 36.8. The Balaban J connectivity index is 1.76. The normalized spacial score (nSPS) is 12.3. The zero-order chi connectivity index (χ0) is 28.4. The Morgan fingerprint density at radius 3 is 2.51 bits per heavy atom. The van der Waals surface area contributed by atoms with E-state index in [1.54, 1.807) is 6.07 Å². The smallest absolute Gasteiger partial charge is 0.305 e. The molecule has 0 spiro atoms. The molecule has 0 radical (unpaired) electrons. The van der Waals surface area contributed by atoms with Crippen molar-refractivity contribution in [3.8, 4) is 5.75 Å². The lowest BCUT2D eigenvalue weighted by Crippen LogP contribution is -2.37. The van der Waals surface area contributed by atoms with E-state index >= 15 is 0 Å². The third kappa shape index (κ3) is 8.60. The molecular weight excluding hydrogens is 522 g/mol. The van der Waals surface area contributed by atoms with Gasteiger partial charge in [-0.2, -0.15) is 0 Å². The molecule has 0 bridgehead atoms. The molecule has 0 heterocycles. The number of ether oxygens (including phenoxy) is 1. The van der Waals surface area contributed by atoms with Crippen molar-refractivity contribution in [1.82, 2.24) is 14.9 Å². The SMILES string of the molecule is CN(C)CCCNC(=O)c1cc(CCOc2ccccc2S(=O)(=O)NC(C=O)CC(=O)O)c2ccccc2c1. The van der Waals surface area contributed by atoms with Gasteiger partial charge in [0.15, 0.2) is 0 Å². The summed E-state index contributed by atoms with van der Waals surface area (Å²) in [6.45, 7) is 1.53. The number of fused-ring (bicyclic) bond motifs is 1. The van der Waals surface area contributed by atoms with Gasteiger partial charge in [0.25, 0.3) is 5.91 Å². The number of carbonyl (C=O) groups is 3. The van der Waals surface area contributed by atoms with Crippen LogP contribution in [-0.4, -0.2) is 76.4 Å². The van der Waals surface area contributed by atoms with Crippen LogP contribution in [-0.2, 0) is 26.0 Å². The van der Waals surface area contributed by atoms with E-state index in [4.69, 9.17) is 9.84 Å². The van der Waals surface area contributed by atoms with Gasteiger partial charge in [-0.05, 0) is 67.7 Å². The molecule has 1 atom stereocenters. The number of rotatable bonds is 15. The van der Waals surface area contributed by atoms with Crippen molar-refractivity contribution in [2.45, 2.75) is 30.2 Å². The number of para-hydroxylation sites is 1. The van der Waals surface area contributed by atoms with Crippen LogP contribution in [0.1, 0.15) is 28.8 Å². The Labute approximate surface area is 228 Å². The van der Waals surface area contributed by atoms with E-state index in [2.05, 4.69) is 14.9 Å². The van der Waals surface area contributed by atoms with Crippen LogP contribution in [0.15, 0.2) is 65.6 Å². The fourth-order valence-electron chi connectivity index (χ4n) is 4.06. The van der Waals surface area contributed by atoms with Crippen molar-refractivity contribution < 1.29 is 32.6 Å². The van der Waals surface area contributed by atoms with Gasteiger partial charge in [0.2, 0.25) is 10.0 Å². The van der Waals surface area contributed by atoms with Crippen LogP contribution in [0, 0.1) is 0 Å². The van der Waals surface area contributed by atoms with Crippen LogP contribution in [0.5, 0.6) is 5.75 Å². The molecule has 0 saturated carbocycles. The monoisotopic (exact) mass is 555 g/mol. The quantitative estimate of drug-likeness (QED) is 0.192. The number of nitrogens with one attached hydrogen (secondary N) is 2. The highest BCUT2D eigenvalue weighted by molar-refractivity contribution is 7.89. The van der Waals surface area contributed by atoms with Gasteiger partial charge in [-0.15, -0.1) is 0 Å². The molecule has 3 N–H and O–H groups in total. The summed E-state index contributed by atoms with van der Waals surface area (Å²) in [7, 11) is -0.283. The molecule has 1 unspecified atom stereocenters. The number of aliphatic carboxylic acids is 1. The van der Waals surface area contributed by atoms with Crippen LogP contribution in [0.2, 0.25) is 0 Å². The largest absolute Gasteiger partial charge is 0.492 e. The molecule has 0 aliphatic carbocycles. The first-order chi connectivity index (χ1) is 18.6. The maximum absolute atomic E-state index is 12.9. The molecule has 3 aromatic carbocycles. The summed E-state index contributed by atoms with van der Waals surface area (Å²) in [6, 6.07) is 15.8. The van der Waals surface area contributed by atoms with Crippen molar-refractivity contribution in [2.24, 2.45) is 0 Å². The summed E-state index contributed by atoms with van der Waals surface area (Å²) >= 11 is 0. The number of hydrogen-bond acceptors (Lipinski definition) is 7. The average molecular weight is 556 g/mol. The molecule has 39 heavy (non-hydrogen) atoms. The molecule has 0 fully saturated rings. The summed E-state index contributed by atoms with van der Waals surface area (Å²) in [5, 5.41) is 13.7. The van der Waals surface area contributed by atoms with Gasteiger partial charge >= 0.3 is 5.97 Å². The first kappa shape index (κ1) is 29.8. The van der Waals surface area contributed by atoms with Crippen molar-refractivity contribution in [3.63, 3.8) is 0 Å². The Kier molecular flexibility index (Phi) is 10.6. The van der Waals surface area contributed by atoms with E-state index in [9.17, 15) is 22.8 Å². The lowest BCUT2D eigenvalue weighted by atomic mass is 9.98. The summed E-state index contributed by atoms with van der Waals surface area (Å²) in [5.41, 5.74) is 1.39. The molecule has 208 valence electrons. The van der Waals surface area contributed by atoms with Crippen molar-refractivity contribution in [3.05, 3.63) is 71.8 Å². The molecule has 1 amide bonds. The minimum Gasteiger partial charge on any atom is -0.492 e. The number of nitrogens with zero attached hydrogens (tertiary/aromatic N) is 1. The van der Waals surface area contributed by atoms with Gasteiger partial charge in [0.05, 0.1) is 19.1 Å². The minimum atomic E-state index is -4.24. The van der Waals surface area contributed by atoms with E-state index in [1.165, 1.54) is 18.2 Å². The van der Waals surface area contributed by atoms with Crippen LogP contribution in [0.3, 0.4) is 0 Å². The average Bonchev–Trinajstić information content (AvgIpc) is 2.90. The third-order valence-electron chi connectivity index (χ3n) is 5.91. The molecule has 10 nitrogen and oxygen atoms in total. The molecule has 0 aliphatic rings. The van der Waals surface area contributed by atoms with Gasteiger partial charge in [0, 0.05) is 18.5 Å². The van der Waals surface area contributed by atoms with Gasteiger partial charge in [-0.25, -0.2) is 13.1 Å². The second-order valence-electron chi connectivity index (χ2n) is 9.28. The molecule has 0 aliphatic heterocycles. The number of hydrogen-bond donors (Lipinski definition) is 3. The second kappa shape index (κ2) is 13.8. The Hall–Kier alpha value is -3.80. The first-order valence-electron chi connectivity index (χ1n) is 12.5. The highest BCUT2D eigenvalue weighted by atomic mass is 32.2. The number of carboxylic acid groups (broad SMARTS) is 1. The van der Waals surface area contributed by atoms with E-state index in [1.807, 2.05) is 50.5 Å². The summed E-state index contributed by atoms with van der Waals surface area (Å²) in [5.74, 6) is -1.42. The fourth-order valence-corrected chi connectivity index (χ4v) is 5.37. The zero-order valence-corrected chi connectivity index (χ0v) is 22.7. The fraction of sp³-hybridized carbons (Fsp3) is 0.321. The van der Waals surface area contributed by atoms with Crippen LogP contribution in [0.25, 0.3) is 10.8 Å². The highest BCUT2D eigenvalue weighted by Crippen LogP contribution is 2.25. The molecule has 0 aromatic heterocycles. The van der Waals surface area contributed by atoms with Crippen molar-refractivity contribution in [1.29, 1.82) is 0 Å². The lowest BCUT2D eigenvalue weighted by Gasteiger charge is -2.16. The maximum Gasteiger partial charge on any atom is 0.305 e. The van der Waals surface area contributed by atoms with Crippen molar-refractivity contribution >= 4 is 39.0 Å². The van der Waals surface area contributed by atoms with Crippen LogP contribution < -0.4 is 14.8 Å². The minimum absolute atomic E-state index is 0.0593. The summed E-state index contributed by atoms with van der Waals surface area (Å²) < 4.78 is 33.7. The maximum atomic E-state index is 12.9. The lowest BCUT2D eigenvalue weighted by molar-refractivity contribution is -0.138. The number of carboxylic acids is 1. The third-order valence-corrected chi connectivity index (χ3v) is 7.44. The van der Waals surface area contributed by atoms with Gasteiger partial charge < -0.3 is 24.9 Å². The Bertz CT molecular complexity index is 1420. The number of benzene rings is 3. The molecule has 0 saturated heterocycles. The predicted octanol–water partition coefficient (Wildman–Crippen LogP) is 2.46. The van der Waals surface area contributed by atoms with Gasteiger partial charge in [-0.1, -0.05) is 36.4 Å². The topological polar surface area (TPSA) is 142 Å². The molecular formula is C28H33N3O7S. The Morgan fingerprint density at radius 1 is 1.08 bits per heavy atom. The van der Waals surface area contributed by atoms with E-state index in [0.717, 1.165) is 29.3 Å². The van der Waals surface area contributed by atoms with Gasteiger partial charge in [-0.3, -0.25) is 9.59 Å². The van der Waals surface area contributed by atoms with Crippen LogP contribution >= 0.6 is 0 Å². The number of aldehydes is 1. The standard InChI is InChI=1S/C28H33N3O7S/c1-31(2)14-7-13-29-28(35)22-16-20-8-3-4-9-24(20)21(17-22)12-15-38-25-10-5-6-11-26(25)39(36,37)30-23(19-32)18-27(33)34/h3-6,8-11,16-17,19,23,30H,7,12-15,18H2,1-2H3,(H,29,35)(H,33,34). The molecule has 3 rings (SSSR count). The van der Waals surface area contributed by atoms with E-state index in [-0.39, 0.29) is 29.4 Å². The van der Waals surface area contributed by atoms with Crippen LogP contribution in [0.4, 0.5) is 0 Å². The highest BCUT2D eigenvalue weighted by Gasteiger charge is 2.25. The molecule has 11 heteroatoms. The van der Waals surface area contributed by atoms with E-state index < -0.39 is 28.5 Å². The Morgan fingerprint density at radius 2 is 1.79 bits per heavy atom. The summed E-state index contributed by atoms with van der Waals surface area (Å²) in [6.07, 6.45) is 0.776. The molecule has 3 aromatic rings. The van der Waals surface area contributed by atoms with E-state index in [0.29, 0.717) is 18.5 Å². The number of carbonyl (C=O) groups excluding carboxylic acids is 2. The van der Waals surface area contributed by atoms with Crippen molar-refractivity contribution in [2.75, 3.05) is 33.8 Å². The number of sulfonamides is 1. The number of amides is 1. The second-order valence-corrected chi connectivity index (χ2v) is 11.0.